The van der Waals surface area contributed by atoms with Crippen molar-refractivity contribution in [1.29, 1.82) is 0 Å². The molecule has 11 heteroatoms. The number of benzene rings is 2. The summed E-state index contributed by atoms with van der Waals surface area (Å²) < 4.78 is 40.2. The predicted molar refractivity (Wildman–Crippen MR) is 153 cm³/mol. The van der Waals surface area contributed by atoms with Crippen LogP contribution >= 0.6 is 0 Å². The van der Waals surface area contributed by atoms with Gasteiger partial charge in [-0.25, -0.2) is 4.79 Å². The molecule has 3 aromatic rings. The van der Waals surface area contributed by atoms with Gasteiger partial charge in [0.05, 0.1) is 17.2 Å². The van der Waals surface area contributed by atoms with E-state index in [9.17, 15) is 27.6 Å². The lowest BCUT2D eigenvalue weighted by Crippen LogP contribution is -2.38. The highest BCUT2D eigenvalue weighted by atomic mass is 19.4. The van der Waals surface area contributed by atoms with E-state index in [1.165, 1.54) is 12.3 Å². The van der Waals surface area contributed by atoms with E-state index in [1.54, 1.807) is 30.5 Å². The molecule has 1 saturated heterocycles. The van der Waals surface area contributed by atoms with Crippen molar-refractivity contribution in [1.82, 2.24) is 20.5 Å². The van der Waals surface area contributed by atoms with Gasteiger partial charge in [-0.15, -0.1) is 0 Å². The minimum atomic E-state index is -4.55. The number of pyridine rings is 1. The molecule has 0 radical (unpaired) electrons. The quantitative estimate of drug-likeness (QED) is 0.290. The van der Waals surface area contributed by atoms with Gasteiger partial charge in [-0.05, 0) is 84.5 Å². The normalized spacial score (nSPS) is 16.4. The maximum absolute atomic E-state index is 13.4. The third kappa shape index (κ3) is 7.33. The van der Waals surface area contributed by atoms with Crippen molar-refractivity contribution in [2.75, 3.05) is 13.1 Å². The van der Waals surface area contributed by atoms with Gasteiger partial charge in [-0.1, -0.05) is 30.3 Å². The number of carbonyl (C=O) groups excluding carboxylic acids is 2. The highest BCUT2D eigenvalue weighted by Gasteiger charge is 2.35. The smallest absolute Gasteiger partial charge is 0.416 e. The fourth-order valence-electron chi connectivity index (χ4n) is 5.49. The predicted octanol–water partition coefficient (Wildman–Crippen LogP) is 6.14. The minimum absolute atomic E-state index is 0.151. The molecular weight excluding hydrogens is 561 g/mol. The molecule has 0 spiro atoms. The van der Waals surface area contributed by atoms with E-state index >= 15 is 0 Å². The van der Waals surface area contributed by atoms with Crippen LogP contribution in [-0.4, -0.2) is 46.0 Å². The largest absolute Gasteiger partial charge is 0.465 e. The number of halogens is 3. The lowest BCUT2D eigenvalue weighted by Gasteiger charge is -2.32. The molecule has 2 fully saturated rings. The van der Waals surface area contributed by atoms with Crippen LogP contribution in [-0.2, 0) is 17.5 Å². The van der Waals surface area contributed by atoms with Gasteiger partial charge >= 0.3 is 12.3 Å². The van der Waals surface area contributed by atoms with Crippen molar-refractivity contribution in [2.45, 2.75) is 57.3 Å². The minimum Gasteiger partial charge on any atom is -0.465 e. The Bertz CT molecular complexity index is 1500. The molecule has 43 heavy (non-hydrogen) atoms. The summed E-state index contributed by atoms with van der Waals surface area (Å²) in [6.07, 6.45) is 1.10. The number of piperidine rings is 1. The summed E-state index contributed by atoms with van der Waals surface area (Å²) in [5.74, 6) is 0.395. The summed E-state index contributed by atoms with van der Waals surface area (Å²) >= 11 is 0. The van der Waals surface area contributed by atoms with Gasteiger partial charge in [-0.2, -0.15) is 13.2 Å². The summed E-state index contributed by atoms with van der Waals surface area (Å²) in [6, 6.07) is 11.4. The zero-order valence-corrected chi connectivity index (χ0v) is 23.7. The number of aromatic nitrogens is 1. The fourth-order valence-corrected chi connectivity index (χ4v) is 5.49. The topological polar surface area (TPSA) is 112 Å². The van der Waals surface area contributed by atoms with E-state index < -0.39 is 23.9 Å². The number of carboxylic acid groups (broad SMARTS) is 1. The Morgan fingerprint density at radius 2 is 1.70 bits per heavy atom. The standard InChI is InChI=1S/C32H33F3N4O4/c1-19(20-2-4-22(5-3-20)28-15-27(32(33,34)35)9-8-24(28)18-37-31(42)43)38-29(40)26-14-25(16-36-17-26)21-10-12-39(13-11-21)30(41)23-6-7-23/h2-5,8-9,14-17,19,21,23,37H,6-7,10-13,18H2,1H3,(H,38,40)(H,42,43)/t19-/m1/s1. The molecule has 226 valence electrons. The second kappa shape index (κ2) is 12.4. The average molecular weight is 595 g/mol. The zero-order valence-electron chi connectivity index (χ0n) is 23.7. The Balaban J connectivity index is 1.25. The third-order valence-electron chi connectivity index (χ3n) is 8.16. The summed E-state index contributed by atoms with van der Waals surface area (Å²) in [6.45, 7) is 3.08. The van der Waals surface area contributed by atoms with Gasteiger partial charge in [0, 0.05) is 37.9 Å². The molecule has 0 bridgehead atoms. The van der Waals surface area contributed by atoms with Crippen LogP contribution in [0.2, 0.25) is 0 Å². The summed E-state index contributed by atoms with van der Waals surface area (Å²) in [5.41, 5.74) is 2.45. The second-order valence-electron chi connectivity index (χ2n) is 11.2. The number of hydrogen-bond donors (Lipinski definition) is 3. The molecular formula is C32H33F3N4O4. The van der Waals surface area contributed by atoms with Crippen molar-refractivity contribution in [3.63, 3.8) is 0 Å². The monoisotopic (exact) mass is 594 g/mol. The lowest BCUT2D eigenvalue weighted by atomic mass is 9.89. The van der Waals surface area contributed by atoms with E-state index in [0.717, 1.165) is 48.9 Å². The van der Waals surface area contributed by atoms with Crippen molar-refractivity contribution in [3.05, 3.63) is 88.7 Å². The molecule has 1 saturated carbocycles. The number of amides is 3. The van der Waals surface area contributed by atoms with E-state index in [4.69, 9.17) is 5.11 Å². The van der Waals surface area contributed by atoms with Crippen molar-refractivity contribution >= 4 is 17.9 Å². The lowest BCUT2D eigenvalue weighted by molar-refractivity contribution is -0.137. The number of nitrogens with one attached hydrogen (secondary N) is 2. The Kier molecular flexibility index (Phi) is 8.70. The van der Waals surface area contributed by atoms with Crippen molar-refractivity contribution in [3.8, 4) is 11.1 Å². The Morgan fingerprint density at radius 1 is 1.00 bits per heavy atom. The van der Waals surface area contributed by atoms with Crippen LogP contribution in [0.15, 0.2) is 60.9 Å². The van der Waals surface area contributed by atoms with Crippen LogP contribution in [0, 0.1) is 5.92 Å². The number of rotatable bonds is 8. The first-order valence-electron chi connectivity index (χ1n) is 14.3. The van der Waals surface area contributed by atoms with E-state index in [-0.39, 0.29) is 35.8 Å². The van der Waals surface area contributed by atoms with Crippen LogP contribution in [0.3, 0.4) is 0 Å². The molecule has 3 amide bonds. The summed E-state index contributed by atoms with van der Waals surface area (Å²) in [7, 11) is 0. The molecule has 1 aliphatic heterocycles. The maximum atomic E-state index is 13.4. The fraction of sp³-hybridized carbons (Fsp3) is 0.375. The van der Waals surface area contributed by atoms with E-state index in [1.807, 2.05) is 17.9 Å². The molecule has 8 nitrogen and oxygen atoms in total. The van der Waals surface area contributed by atoms with Crippen LogP contribution in [0.25, 0.3) is 11.1 Å². The number of nitrogens with zero attached hydrogens (tertiary/aromatic N) is 2. The van der Waals surface area contributed by atoms with Crippen LogP contribution in [0.1, 0.15) is 77.2 Å². The Hall–Kier alpha value is -4.41. The van der Waals surface area contributed by atoms with Crippen LogP contribution in [0.4, 0.5) is 18.0 Å². The molecule has 1 aliphatic carbocycles. The maximum Gasteiger partial charge on any atom is 0.416 e. The Labute approximate surface area is 247 Å². The van der Waals surface area contributed by atoms with E-state index in [0.29, 0.717) is 29.8 Å². The van der Waals surface area contributed by atoms with Gasteiger partial charge in [0.1, 0.15) is 0 Å². The SMILES string of the molecule is C[C@@H](NC(=O)c1cncc(C2CCN(C(=O)C3CC3)CC2)c1)c1ccc(-c2cc(C(F)(F)F)ccc2CNC(=O)O)cc1. The van der Waals surface area contributed by atoms with Gasteiger partial charge < -0.3 is 20.6 Å². The average Bonchev–Trinajstić information content (AvgIpc) is 3.85. The first kappa shape index (κ1) is 30.1. The van der Waals surface area contributed by atoms with Gasteiger partial charge in [0.2, 0.25) is 5.91 Å². The first-order valence-corrected chi connectivity index (χ1v) is 14.3. The molecule has 1 aromatic heterocycles. The summed E-state index contributed by atoms with van der Waals surface area (Å²) in [4.78, 5) is 42.7. The molecule has 2 heterocycles. The van der Waals surface area contributed by atoms with Gasteiger partial charge in [0.25, 0.3) is 5.91 Å². The number of hydrogen-bond acceptors (Lipinski definition) is 4. The number of likely N-dealkylation sites (tertiary alicyclic amines) is 1. The van der Waals surface area contributed by atoms with Gasteiger partial charge in [0.15, 0.2) is 0 Å². The van der Waals surface area contributed by atoms with Gasteiger partial charge in [-0.3, -0.25) is 14.6 Å². The van der Waals surface area contributed by atoms with Crippen LogP contribution < -0.4 is 10.6 Å². The third-order valence-corrected chi connectivity index (χ3v) is 8.16. The molecule has 3 N–H and O–H groups in total. The molecule has 2 aromatic carbocycles. The number of alkyl halides is 3. The first-order chi connectivity index (χ1) is 20.5. The molecule has 5 rings (SSSR count). The summed E-state index contributed by atoms with van der Waals surface area (Å²) in [5, 5.41) is 14.1. The molecule has 0 unspecified atom stereocenters. The van der Waals surface area contributed by atoms with Crippen molar-refractivity contribution in [2.24, 2.45) is 5.92 Å². The van der Waals surface area contributed by atoms with Crippen LogP contribution in [0.5, 0.6) is 0 Å². The highest BCUT2D eigenvalue weighted by molar-refractivity contribution is 5.94. The molecule has 1 atom stereocenters. The van der Waals surface area contributed by atoms with Crippen molar-refractivity contribution < 1.29 is 32.7 Å². The van der Waals surface area contributed by atoms with E-state index in [2.05, 4.69) is 15.6 Å². The zero-order chi connectivity index (χ0) is 30.7. The number of carbonyl (C=O) groups is 3. The molecule has 2 aliphatic rings. The highest BCUT2D eigenvalue weighted by Crippen LogP contribution is 2.36. The Morgan fingerprint density at radius 3 is 2.33 bits per heavy atom. The second-order valence-corrected chi connectivity index (χ2v) is 11.2.